The normalized spacial score (nSPS) is 10.5. The van der Waals surface area contributed by atoms with Crippen LogP contribution in [0.5, 0.6) is 5.75 Å². The predicted octanol–water partition coefficient (Wildman–Crippen LogP) is 5.17. The molecule has 116 valence electrons. The van der Waals surface area contributed by atoms with Crippen molar-refractivity contribution in [3.63, 3.8) is 0 Å². The standard InChI is InChI=1S/C18H17N3O2/c1-2-11-23-15-6-4-14(5-7-15)20-17-8-3-13-12-19-10-9-16(13)18(17)21-22/h3-10,12,20H,2,11H2,1H3. The number of nitrogens with zero attached hydrogens (tertiary/aromatic N) is 2. The molecule has 0 saturated heterocycles. The van der Waals surface area contributed by atoms with Crippen molar-refractivity contribution in [2.45, 2.75) is 13.3 Å². The summed E-state index contributed by atoms with van der Waals surface area (Å²) in [5, 5.41) is 8.08. The number of pyridine rings is 1. The van der Waals surface area contributed by atoms with Crippen LogP contribution in [0.3, 0.4) is 0 Å². The largest absolute Gasteiger partial charge is 0.494 e. The molecule has 0 amide bonds. The fraction of sp³-hybridized carbons (Fsp3) is 0.167. The number of rotatable bonds is 6. The number of hydrogen-bond acceptors (Lipinski definition) is 5. The van der Waals surface area contributed by atoms with E-state index < -0.39 is 0 Å². The molecule has 0 saturated carbocycles. The Labute approximate surface area is 134 Å². The Kier molecular flexibility index (Phi) is 4.47. The van der Waals surface area contributed by atoms with E-state index in [0.717, 1.165) is 28.6 Å². The third-order valence-corrected chi connectivity index (χ3v) is 3.49. The molecule has 1 aromatic heterocycles. The second-order valence-corrected chi connectivity index (χ2v) is 5.15. The van der Waals surface area contributed by atoms with Crippen LogP contribution in [0.15, 0.2) is 60.0 Å². The molecule has 0 fully saturated rings. The highest BCUT2D eigenvalue weighted by molar-refractivity contribution is 5.98. The highest BCUT2D eigenvalue weighted by Gasteiger charge is 2.09. The van der Waals surface area contributed by atoms with Gasteiger partial charge < -0.3 is 10.1 Å². The number of hydrogen-bond donors (Lipinski definition) is 1. The van der Waals surface area contributed by atoms with Crippen molar-refractivity contribution in [1.82, 2.24) is 4.98 Å². The Morgan fingerprint density at radius 1 is 1.13 bits per heavy atom. The molecule has 2 aromatic carbocycles. The molecule has 0 unspecified atom stereocenters. The van der Waals surface area contributed by atoms with Crippen molar-refractivity contribution in [2.75, 3.05) is 11.9 Å². The molecule has 0 aliphatic rings. The molecule has 1 heterocycles. The lowest BCUT2D eigenvalue weighted by Crippen LogP contribution is -1.95. The lowest BCUT2D eigenvalue weighted by Gasteiger charge is -2.11. The number of nitrogens with one attached hydrogen (secondary N) is 1. The molecule has 3 aromatic rings. The Morgan fingerprint density at radius 3 is 2.70 bits per heavy atom. The molecule has 0 aliphatic heterocycles. The fourth-order valence-electron chi connectivity index (χ4n) is 2.36. The predicted molar refractivity (Wildman–Crippen MR) is 92.7 cm³/mol. The quantitative estimate of drug-likeness (QED) is 0.638. The summed E-state index contributed by atoms with van der Waals surface area (Å²) < 4.78 is 5.56. The molecule has 0 spiro atoms. The Hall–Kier alpha value is -2.95. The number of nitroso groups, excluding NO2 is 1. The van der Waals surface area contributed by atoms with E-state index in [2.05, 4.69) is 22.4 Å². The third-order valence-electron chi connectivity index (χ3n) is 3.49. The van der Waals surface area contributed by atoms with Gasteiger partial charge in [-0.15, -0.1) is 4.91 Å². The van der Waals surface area contributed by atoms with Crippen LogP contribution in [0.1, 0.15) is 13.3 Å². The van der Waals surface area contributed by atoms with Crippen LogP contribution in [-0.4, -0.2) is 11.6 Å². The summed E-state index contributed by atoms with van der Waals surface area (Å²) in [6, 6.07) is 13.2. The number of fused-ring (bicyclic) bond motifs is 1. The van der Waals surface area contributed by atoms with E-state index in [4.69, 9.17) is 4.74 Å². The summed E-state index contributed by atoms with van der Waals surface area (Å²) in [5.41, 5.74) is 1.92. The first-order valence-corrected chi connectivity index (χ1v) is 7.52. The van der Waals surface area contributed by atoms with Crippen LogP contribution in [0.4, 0.5) is 17.1 Å². The first kappa shape index (κ1) is 15.0. The van der Waals surface area contributed by atoms with Crippen LogP contribution in [0.2, 0.25) is 0 Å². The third kappa shape index (κ3) is 3.29. The van der Waals surface area contributed by atoms with Gasteiger partial charge in [0, 0.05) is 28.9 Å². The van der Waals surface area contributed by atoms with Gasteiger partial charge in [0.1, 0.15) is 11.4 Å². The van der Waals surface area contributed by atoms with Gasteiger partial charge in [-0.2, -0.15) is 0 Å². The highest BCUT2D eigenvalue weighted by atomic mass is 16.5. The Balaban J connectivity index is 1.87. The monoisotopic (exact) mass is 307 g/mol. The second kappa shape index (κ2) is 6.87. The van der Waals surface area contributed by atoms with E-state index in [-0.39, 0.29) is 0 Å². The maximum Gasteiger partial charge on any atom is 0.139 e. The van der Waals surface area contributed by atoms with Gasteiger partial charge in [0.05, 0.1) is 12.3 Å². The molecular formula is C18H17N3O2. The molecule has 0 atom stereocenters. The van der Waals surface area contributed by atoms with E-state index in [9.17, 15) is 4.91 Å². The minimum Gasteiger partial charge on any atom is -0.494 e. The van der Waals surface area contributed by atoms with E-state index >= 15 is 0 Å². The average Bonchev–Trinajstić information content (AvgIpc) is 2.61. The zero-order valence-corrected chi connectivity index (χ0v) is 12.8. The van der Waals surface area contributed by atoms with E-state index in [1.54, 1.807) is 18.5 Å². The summed E-state index contributed by atoms with van der Waals surface area (Å²) in [5.74, 6) is 0.829. The van der Waals surface area contributed by atoms with Gasteiger partial charge in [0.15, 0.2) is 0 Å². The zero-order chi connectivity index (χ0) is 16.1. The number of anilines is 2. The number of aromatic nitrogens is 1. The van der Waals surface area contributed by atoms with Gasteiger partial charge >= 0.3 is 0 Å². The first-order valence-electron chi connectivity index (χ1n) is 7.52. The summed E-state index contributed by atoms with van der Waals surface area (Å²) in [6.45, 7) is 2.77. The summed E-state index contributed by atoms with van der Waals surface area (Å²) in [4.78, 5) is 15.3. The van der Waals surface area contributed by atoms with Gasteiger partial charge in [-0.1, -0.05) is 13.0 Å². The van der Waals surface area contributed by atoms with Crippen LogP contribution >= 0.6 is 0 Å². The average molecular weight is 307 g/mol. The molecule has 1 N–H and O–H groups in total. The Morgan fingerprint density at radius 2 is 1.96 bits per heavy atom. The van der Waals surface area contributed by atoms with E-state index in [1.807, 2.05) is 36.4 Å². The summed E-state index contributed by atoms with van der Waals surface area (Å²) in [7, 11) is 0. The maximum atomic E-state index is 11.3. The molecule has 0 aliphatic carbocycles. The van der Waals surface area contributed by atoms with Crippen LogP contribution in [-0.2, 0) is 0 Å². The van der Waals surface area contributed by atoms with Gasteiger partial charge in [0.25, 0.3) is 0 Å². The second-order valence-electron chi connectivity index (χ2n) is 5.15. The van der Waals surface area contributed by atoms with Crippen molar-refractivity contribution in [3.8, 4) is 5.75 Å². The summed E-state index contributed by atoms with van der Waals surface area (Å²) >= 11 is 0. The van der Waals surface area contributed by atoms with Crippen LogP contribution in [0.25, 0.3) is 10.8 Å². The van der Waals surface area contributed by atoms with Crippen LogP contribution in [0, 0.1) is 4.91 Å². The zero-order valence-electron chi connectivity index (χ0n) is 12.8. The van der Waals surface area contributed by atoms with Gasteiger partial charge in [-0.3, -0.25) is 4.98 Å². The van der Waals surface area contributed by atoms with Crippen molar-refractivity contribution < 1.29 is 4.74 Å². The van der Waals surface area contributed by atoms with Crippen molar-refractivity contribution in [2.24, 2.45) is 5.18 Å². The van der Waals surface area contributed by atoms with Gasteiger partial charge in [-0.05, 0) is 48.0 Å². The summed E-state index contributed by atoms with van der Waals surface area (Å²) in [6.07, 6.45) is 4.34. The minimum absolute atomic E-state index is 0.385. The molecule has 5 nitrogen and oxygen atoms in total. The molecule has 0 radical (unpaired) electrons. The number of benzene rings is 2. The highest BCUT2D eigenvalue weighted by Crippen LogP contribution is 2.35. The topological polar surface area (TPSA) is 63.6 Å². The smallest absolute Gasteiger partial charge is 0.139 e. The number of ether oxygens (including phenoxy) is 1. The molecule has 5 heteroatoms. The van der Waals surface area contributed by atoms with Crippen molar-refractivity contribution >= 4 is 27.8 Å². The first-order chi connectivity index (χ1) is 11.3. The lowest BCUT2D eigenvalue weighted by molar-refractivity contribution is 0.317. The Bertz CT molecular complexity index is 816. The van der Waals surface area contributed by atoms with Gasteiger partial charge in [0.2, 0.25) is 0 Å². The lowest BCUT2D eigenvalue weighted by atomic mass is 10.1. The molecular weight excluding hydrogens is 290 g/mol. The molecule has 3 rings (SSSR count). The molecule has 23 heavy (non-hydrogen) atoms. The van der Waals surface area contributed by atoms with Crippen molar-refractivity contribution in [1.29, 1.82) is 0 Å². The minimum atomic E-state index is 0.385. The van der Waals surface area contributed by atoms with E-state index in [0.29, 0.717) is 18.0 Å². The van der Waals surface area contributed by atoms with Crippen molar-refractivity contribution in [3.05, 3.63) is 59.8 Å². The van der Waals surface area contributed by atoms with Gasteiger partial charge in [-0.25, -0.2) is 0 Å². The van der Waals surface area contributed by atoms with Crippen LogP contribution < -0.4 is 10.1 Å². The SMILES string of the molecule is CCCOc1ccc(Nc2ccc3cnccc3c2N=O)cc1. The van der Waals surface area contributed by atoms with E-state index in [1.165, 1.54) is 0 Å². The molecule has 0 bridgehead atoms. The fourth-order valence-corrected chi connectivity index (χ4v) is 2.36. The maximum absolute atomic E-state index is 11.3.